The van der Waals surface area contributed by atoms with Crippen LogP contribution in [0.15, 0.2) is 43.1 Å². The number of rotatable bonds is 4. The molecule has 2 N–H and O–H groups in total. The zero-order chi connectivity index (χ0) is 12.3. The highest BCUT2D eigenvalue weighted by atomic mass is 16.5. The number of pyridine rings is 1. The molecule has 0 fully saturated rings. The van der Waals surface area contributed by atoms with Gasteiger partial charge in [0, 0.05) is 11.6 Å². The van der Waals surface area contributed by atoms with E-state index in [1.807, 2.05) is 6.07 Å². The van der Waals surface area contributed by atoms with Gasteiger partial charge in [-0.3, -0.25) is 9.78 Å². The molecule has 0 aliphatic heterocycles. The summed E-state index contributed by atoms with van der Waals surface area (Å²) in [5.41, 5.74) is 6.25. The first kappa shape index (κ1) is 11.1. The molecule has 2 rings (SSSR count). The van der Waals surface area contributed by atoms with Gasteiger partial charge in [0.15, 0.2) is 0 Å². The van der Waals surface area contributed by atoms with Gasteiger partial charge in [0.2, 0.25) is 0 Å². The van der Waals surface area contributed by atoms with Crippen LogP contribution in [0.4, 0.5) is 0 Å². The molecule has 4 nitrogen and oxygen atoms in total. The molecule has 1 amide bonds. The molecule has 0 aliphatic carbocycles. The number of carbonyl (C=O) groups excluding carboxylic acids is 1. The van der Waals surface area contributed by atoms with Gasteiger partial charge >= 0.3 is 0 Å². The summed E-state index contributed by atoms with van der Waals surface area (Å²) >= 11 is 0. The summed E-state index contributed by atoms with van der Waals surface area (Å²) in [7, 11) is 0. The predicted molar refractivity (Wildman–Crippen MR) is 66.0 cm³/mol. The number of hydrogen-bond donors (Lipinski definition) is 1. The van der Waals surface area contributed by atoms with Crippen molar-refractivity contribution in [3.63, 3.8) is 0 Å². The summed E-state index contributed by atoms with van der Waals surface area (Å²) in [6.45, 7) is 3.99. The molecule has 0 saturated heterocycles. The van der Waals surface area contributed by atoms with Crippen LogP contribution in [0.5, 0.6) is 5.75 Å². The predicted octanol–water partition coefficient (Wildman–Crippen LogP) is 1.90. The van der Waals surface area contributed by atoms with Crippen molar-refractivity contribution in [3.8, 4) is 5.75 Å². The molecule has 0 saturated carbocycles. The lowest BCUT2D eigenvalue weighted by Crippen LogP contribution is -2.12. The Kier molecular flexibility index (Phi) is 3.05. The molecule has 86 valence electrons. The zero-order valence-corrected chi connectivity index (χ0v) is 9.22. The smallest absolute Gasteiger partial charge is 0.250 e. The molecule has 0 unspecified atom stereocenters. The number of para-hydroxylation sites is 1. The molecule has 0 spiro atoms. The first-order chi connectivity index (χ1) is 8.24. The molecule has 0 radical (unpaired) electrons. The van der Waals surface area contributed by atoms with E-state index in [1.54, 1.807) is 30.5 Å². The lowest BCUT2D eigenvalue weighted by molar-refractivity contribution is 0.100. The summed E-state index contributed by atoms with van der Waals surface area (Å²) in [6, 6.07) is 6.99. The van der Waals surface area contributed by atoms with Gasteiger partial charge in [0.1, 0.15) is 12.4 Å². The second-order valence-corrected chi connectivity index (χ2v) is 3.47. The maximum absolute atomic E-state index is 11.3. The number of aromatic nitrogens is 1. The second kappa shape index (κ2) is 4.65. The Morgan fingerprint density at radius 2 is 2.29 bits per heavy atom. The molecular formula is C13H12N2O2. The molecule has 1 heterocycles. The van der Waals surface area contributed by atoms with Crippen molar-refractivity contribution in [1.82, 2.24) is 4.98 Å². The van der Waals surface area contributed by atoms with Crippen LogP contribution in [-0.4, -0.2) is 17.5 Å². The molecule has 0 bridgehead atoms. The first-order valence-corrected chi connectivity index (χ1v) is 5.15. The van der Waals surface area contributed by atoms with Crippen LogP contribution >= 0.6 is 0 Å². The van der Waals surface area contributed by atoms with Gasteiger partial charge in [-0.1, -0.05) is 18.7 Å². The highest BCUT2D eigenvalue weighted by molar-refractivity contribution is 6.05. The Hall–Kier alpha value is -2.36. The monoisotopic (exact) mass is 228 g/mol. The highest BCUT2D eigenvalue weighted by Crippen LogP contribution is 2.25. The van der Waals surface area contributed by atoms with Crippen LogP contribution in [-0.2, 0) is 0 Å². The van der Waals surface area contributed by atoms with Crippen molar-refractivity contribution in [2.24, 2.45) is 5.73 Å². The van der Waals surface area contributed by atoms with Crippen LogP contribution in [0, 0.1) is 0 Å². The molecule has 2 aromatic rings. The Bertz CT molecular complexity index is 579. The van der Waals surface area contributed by atoms with Crippen LogP contribution in [0.25, 0.3) is 10.9 Å². The van der Waals surface area contributed by atoms with Crippen molar-refractivity contribution in [2.45, 2.75) is 0 Å². The molecular weight excluding hydrogens is 216 g/mol. The number of benzene rings is 1. The van der Waals surface area contributed by atoms with Gasteiger partial charge < -0.3 is 10.5 Å². The number of ether oxygens (including phenoxy) is 1. The van der Waals surface area contributed by atoms with Gasteiger partial charge in [-0.15, -0.1) is 0 Å². The van der Waals surface area contributed by atoms with Crippen molar-refractivity contribution >= 4 is 16.8 Å². The fourth-order valence-corrected chi connectivity index (χ4v) is 1.62. The topological polar surface area (TPSA) is 65.2 Å². The number of fused-ring (bicyclic) bond motifs is 1. The van der Waals surface area contributed by atoms with Gasteiger partial charge in [0.25, 0.3) is 5.91 Å². The van der Waals surface area contributed by atoms with Crippen molar-refractivity contribution in [1.29, 1.82) is 0 Å². The minimum Gasteiger partial charge on any atom is -0.489 e. The standard InChI is InChI=1S/C13H12N2O2/c1-2-8-17-11-6-7-15-12-9(11)4-3-5-10(12)13(14)16/h2-7H,1,8H2,(H2,14,16). The van der Waals surface area contributed by atoms with E-state index >= 15 is 0 Å². The van der Waals surface area contributed by atoms with Crippen LogP contribution < -0.4 is 10.5 Å². The molecule has 1 aromatic carbocycles. The van der Waals surface area contributed by atoms with Gasteiger partial charge in [-0.25, -0.2) is 0 Å². The SMILES string of the molecule is C=CCOc1ccnc2c(C(N)=O)cccc12. The summed E-state index contributed by atoms with van der Waals surface area (Å²) in [4.78, 5) is 15.4. The van der Waals surface area contributed by atoms with Crippen LogP contribution in [0.2, 0.25) is 0 Å². The first-order valence-electron chi connectivity index (χ1n) is 5.15. The van der Waals surface area contributed by atoms with E-state index < -0.39 is 5.91 Å². The van der Waals surface area contributed by atoms with E-state index in [0.717, 1.165) is 5.39 Å². The maximum atomic E-state index is 11.3. The third kappa shape index (κ3) is 2.10. The lowest BCUT2D eigenvalue weighted by Gasteiger charge is -2.08. The summed E-state index contributed by atoms with van der Waals surface area (Å²) < 4.78 is 5.49. The minimum absolute atomic E-state index is 0.395. The second-order valence-electron chi connectivity index (χ2n) is 3.47. The molecule has 1 aromatic heterocycles. The number of amides is 1. The van der Waals surface area contributed by atoms with Gasteiger partial charge in [-0.05, 0) is 18.2 Å². The van der Waals surface area contributed by atoms with Crippen LogP contribution in [0.1, 0.15) is 10.4 Å². The van der Waals surface area contributed by atoms with E-state index in [0.29, 0.717) is 23.4 Å². The van der Waals surface area contributed by atoms with Crippen LogP contribution in [0.3, 0.4) is 0 Å². The molecule has 17 heavy (non-hydrogen) atoms. The summed E-state index contributed by atoms with van der Waals surface area (Å²) in [5, 5.41) is 0.769. The Balaban J connectivity index is 2.61. The number of nitrogens with two attached hydrogens (primary N) is 1. The average molecular weight is 228 g/mol. The zero-order valence-electron chi connectivity index (χ0n) is 9.22. The Morgan fingerprint density at radius 3 is 3.00 bits per heavy atom. The van der Waals surface area contributed by atoms with Crippen molar-refractivity contribution in [2.75, 3.05) is 6.61 Å². The molecule has 0 atom stereocenters. The quantitative estimate of drug-likeness (QED) is 0.813. The third-order valence-electron chi connectivity index (χ3n) is 2.35. The maximum Gasteiger partial charge on any atom is 0.250 e. The molecule has 4 heteroatoms. The largest absolute Gasteiger partial charge is 0.489 e. The number of primary amides is 1. The highest BCUT2D eigenvalue weighted by Gasteiger charge is 2.10. The lowest BCUT2D eigenvalue weighted by atomic mass is 10.1. The van der Waals surface area contributed by atoms with E-state index in [-0.39, 0.29) is 0 Å². The number of nitrogens with zero attached hydrogens (tertiary/aromatic N) is 1. The molecule has 0 aliphatic rings. The van der Waals surface area contributed by atoms with E-state index in [2.05, 4.69) is 11.6 Å². The fraction of sp³-hybridized carbons (Fsp3) is 0.0769. The normalized spacial score (nSPS) is 10.1. The van der Waals surface area contributed by atoms with E-state index in [1.165, 1.54) is 0 Å². The summed E-state index contributed by atoms with van der Waals surface area (Å²) in [6.07, 6.45) is 3.25. The fourth-order valence-electron chi connectivity index (χ4n) is 1.62. The summed E-state index contributed by atoms with van der Waals surface area (Å²) in [5.74, 6) is 0.168. The average Bonchev–Trinajstić information content (AvgIpc) is 2.35. The minimum atomic E-state index is -0.496. The van der Waals surface area contributed by atoms with E-state index in [4.69, 9.17) is 10.5 Å². The van der Waals surface area contributed by atoms with Crippen molar-refractivity contribution < 1.29 is 9.53 Å². The number of carbonyl (C=O) groups is 1. The number of hydrogen-bond acceptors (Lipinski definition) is 3. The third-order valence-corrected chi connectivity index (χ3v) is 2.35. The Morgan fingerprint density at radius 1 is 1.47 bits per heavy atom. The Labute approximate surface area is 98.7 Å². The van der Waals surface area contributed by atoms with Crippen molar-refractivity contribution in [3.05, 3.63) is 48.7 Å². The van der Waals surface area contributed by atoms with Gasteiger partial charge in [0.05, 0.1) is 11.1 Å². The van der Waals surface area contributed by atoms with E-state index in [9.17, 15) is 4.79 Å². The van der Waals surface area contributed by atoms with Gasteiger partial charge in [-0.2, -0.15) is 0 Å².